The standard InChI is InChI=1S/C11H13F3N4.ClH/c12-11(13,14)9-5-16-8(4-17-9)10-2-1-7(18-10)3-15-6-10;/h4-5,7,15,18H,1-3,6H2;1H. The summed E-state index contributed by atoms with van der Waals surface area (Å²) in [7, 11) is 0. The molecule has 0 spiro atoms. The first-order valence-corrected chi connectivity index (χ1v) is 5.88. The van der Waals surface area contributed by atoms with Crippen molar-refractivity contribution in [2.24, 2.45) is 0 Å². The van der Waals surface area contributed by atoms with Crippen LogP contribution in [-0.2, 0) is 11.7 Å². The number of piperazine rings is 1. The van der Waals surface area contributed by atoms with E-state index >= 15 is 0 Å². The van der Waals surface area contributed by atoms with Crippen molar-refractivity contribution in [2.45, 2.75) is 30.6 Å². The zero-order valence-corrected chi connectivity index (χ0v) is 10.8. The summed E-state index contributed by atoms with van der Waals surface area (Å²) in [5.41, 5.74) is -0.703. The molecule has 0 aromatic carbocycles. The first-order valence-electron chi connectivity index (χ1n) is 5.88. The van der Waals surface area contributed by atoms with Crippen LogP contribution < -0.4 is 10.6 Å². The molecule has 0 radical (unpaired) electrons. The second-order valence-corrected chi connectivity index (χ2v) is 4.88. The normalized spacial score (nSPS) is 29.9. The van der Waals surface area contributed by atoms with Crippen LogP contribution in [0, 0.1) is 0 Å². The predicted octanol–water partition coefficient (Wildman–Crippen LogP) is 1.47. The Hall–Kier alpha value is -0.920. The number of hydrogen-bond acceptors (Lipinski definition) is 4. The molecule has 4 nitrogen and oxygen atoms in total. The topological polar surface area (TPSA) is 49.8 Å². The Kier molecular flexibility index (Phi) is 3.72. The number of aromatic nitrogens is 2. The molecule has 2 N–H and O–H groups in total. The van der Waals surface area contributed by atoms with Gasteiger partial charge in [0.05, 0.1) is 23.6 Å². The lowest BCUT2D eigenvalue weighted by atomic mass is 9.93. The average molecular weight is 295 g/mol. The highest BCUT2D eigenvalue weighted by Crippen LogP contribution is 2.34. The van der Waals surface area contributed by atoms with Gasteiger partial charge in [-0.3, -0.25) is 4.98 Å². The molecule has 3 heterocycles. The van der Waals surface area contributed by atoms with Crippen LogP contribution in [-0.4, -0.2) is 29.1 Å². The van der Waals surface area contributed by atoms with Gasteiger partial charge in [-0.2, -0.15) is 13.2 Å². The maximum absolute atomic E-state index is 12.4. The van der Waals surface area contributed by atoms with Gasteiger partial charge in [0.15, 0.2) is 5.69 Å². The summed E-state index contributed by atoms with van der Waals surface area (Å²) in [6.45, 7) is 1.58. The maximum atomic E-state index is 12.4. The molecule has 0 amide bonds. The van der Waals surface area contributed by atoms with Crippen molar-refractivity contribution in [2.75, 3.05) is 13.1 Å². The second kappa shape index (κ2) is 4.88. The lowest BCUT2D eigenvalue weighted by Gasteiger charge is -2.34. The van der Waals surface area contributed by atoms with Gasteiger partial charge < -0.3 is 10.6 Å². The number of nitrogens with one attached hydrogen (secondary N) is 2. The maximum Gasteiger partial charge on any atom is 0.434 e. The molecule has 2 atom stereocenters. The van der Waals surface area contributed by atoms with Crippen LogP contribution in [0.25, 0.3) is 0 Å². The van der Waals surface area contributed by atoms with E-state index in [0.29, 0.717) is 18.3 Å². The van der Waals surface area contributed by atoms with Gasteiger partial charge in [0.2, 0.25) is 0 Å². The van der Waals surface area contributed by atoms with Gasteiger partial charge in [-0.25, -0.2) is 4.98 Å². The van der Waals surface area contributed by atoms with E-state index in [1.807, 2.05) is 0 Å². The lowest BCUT2D eigenvalue weighted by Crippen LogP contribution is -2.56. The molecule has 2 saturated heterocycles. The first kappa shape index (κ1) is 14.5. The van der Waals surface area contributed by atoms with E-state index in [4.69, 9.17) is 0 Å². The molecule has 2 fully saturated rings. The number of fused-ring (bicyclic) bond motifs is 2. The van der Waals surface area contributed by atoms with Crippen LogP contribution in [0.2, 0.25) is 0 Å². The lowest BCUT2D eigenvalue weighted by molar-refractivity contribution is -0.141. The smallest absolute Gasteiger partial charge is 0.313 e. The van der Waals surface area contributed by atoms with E-state index in [9.17, 15) is 13.2 Å². The fraction of sp³-hybridized carbons (Fsp3) is 0.636. The van der Waals surface area contributed by atoms with Crippen LogP contribution in [0.3, 0.4) is 0 Å². The largest absolute Gasteiger partial charge is 0.434 e. The Labute approximate surface area is 114 Å². The summed E-state index contributed by atoms with van der Waals surface area (Å²) in [6.07, 6.45) is -0.487. The number of halogens is 4. The summed E-state index contributed by atoms with van der Waals surface area (Å²) >= 11 is 0. The summed E-state index contributed by atoms with van der Waals surface area (Å²) in [5, 5.41) is 6.71. The number of rotatable bonds is 1. The zero-order valence-electron chi connectivity index (χ0n) is 10.00. The van der Waals surface area contributed by atoms with Crippen molar-refractivity contribution in [3.8, 4) is 0 Å². The number of nitrogens with zero attached hydrogens (tertiary/aromatic N) is 2. The molecule has 8 heteroatoms. The molecule has 3 rings (SSSR count). The highest BCUT2D eigenvalue weighted by molar-refractivity contribution is 5.85. The van der Waals surface area contributed by atoms with Crippen molar-refractivity contribution in [1.29, 1.82) is 0 Å². The average Bonchev–Trinajstić information content (AvgIpc) is 2.65. The monoisotopic (exact) mass is 294 g/mol. The minimum absolute atomic E-state index is 0. The third-order valence-corrected chi connectivity index (χ3v) is 3.65. The van der Waals surface area contributed by atoms with Gasteiger partial charge in [-0.15, -0.1) is 12.4 Å². The molecule has 0 saturated carbocycles. The minimum atomic E-state index is -4.43. The van der Waals surface area contributed by atoms with E-state index in [-0.39, 0.29) is 17.9 Å². The van der Waals surface area contributed by atoms with E-state index in [0.717, 1.165) is 25.6 Å². The Bertz CT molecular complexity index is 446. The van der Waals surface area contributed by atoms with Gasteiger partial charge >= 0.3 is 6.18 Å². The summed E-state index contributed by atoms with van der Waals surface area (Å²) < 4.78 is 37.3. The van der Waals surface area contributed by atoms with E-state index in [1.54, 1.807) is 0 Å². The molecule has 0 aliphatic carbocycles. The van der Waals surface area contributed by atoms with Crippen molar-refractivity contribution in [3.63, 3.8) is 0 Å². The van der Waals surface area contributed by atoms with Gasteiger partial charge in [-0.05, 0) is 12.8 Å². The van der Waals surface area contributed by atoms with Crippen LogP contribution in [0.5, 0.6) is 0 Å². The SMILES string of the molecule is Cl.FC(F)(F)c1cnc(C23CCC(CNC2)N3)cn1. The molecule has 106 valence electrons. The van der Waals surface area contributed by atoms with Crippen LogP contribution >= 0.6 is 12.4 Å². The molecule has 2 bridgehead atoms. The van der Waals surface area contributed by atoms with Crippen molar-refractivity contribution in [3.05, 3.63) is 23.8 Å². The molecular weight excluding hydrogens is 281 g/mol. The fourth-order valence-corrected chi connectivity index (χ4v) is 2.72. The predicted molar refractivity (Wildman–Crippen MR) is 65.0 cm³/mol. The van der Waals surface area contributed by atoms with Gasteiger partial charge in [0.1, 0.15) is 0 Å². The molecule has 2 aliphatic heterocycles. The molecule has 2 unspecified atom stereocenters. The van der Waals surface area contributed by atoms with Crippen molar-refractivity contribution >= 4 is 12.4 Å². The number of hydrogen-bond donors (Lipinski definition) is 2. The third-order valence-electron chi connectivity index (χ3n) is 3.65. The first-order chi connectivity index (χ1) is 8.50. The minimum Gasteiger partial charge on any atom is -0.313 e. The zero-order chi connectivity index (χ0) is 12.8. The second-order valence-electron chi connectivity index (χ2n) is 4.88. The van der Waals surface area contributed by atoms with Crippen molar-refractivity contribution < 1.29 is 13.2 Å². The Morgan fingerprint density at radius 3 is 2.68 bits per heavy atom. The fourth-order valence-electron chi connectivity index (χ4n) is 2.72. The van der Waals surface area contributed by atoms with Gasteiger partial charge in [0.25, 0.3) is 0 Å². The Morgan fingerprint density at radius 2 is 2.05 bits per heavy atom. The third kappa shape index (κ3) is 2.54. The molecule has 1 aromatic rings. The van der Waals surface area contributed by atoms with E-state index in [1.165, 1.54) is 6.20 Å². The highest BCUT2D eigenvalue weighted by Gasteiger charge is 2.44. The van der Waals surface area contributed by atoms with Gasteiger partial charge in [0, 0.05) is 19.1 Å². The number of alkyl halides is 3. The quantitative estimate of drug-likeness (QED) is 0.823. The summed E-state index contributed by atoms with van der Waals surface area (Å²) in [4.78, 5) is 7.43. The molecular formula is C11H14ClF3N4. The summed E-state index contributed by atoms with van der Waals surface area (Å²) in [6, 6.07) is 0.378. The van der Waals surface area contributed by atoms with Crippen molar-refractivity contribution in [1.82, 2.24) is 20.6 Å². The van der Waals surface area contributed by atoms with E-state index in [2.05, 4.69) is 20.6 Å². The van der Waals surface area contributed by atoms with E-state index < -0.39 is 11.9 Å². The Balaban J connectivity index is 0.00000133. The van der Waals surface area contributed by atoms with Crippen LogP contribution in [0.15, 0.2) is 12.4 Å². The highest BCUT2D eigenvalue weighted by atomic mass is 35.5. The van der Waals surface area contributed by atoms with Crippen LogP contribution in [0.1, 0.15) is 24.2 Å². The molecule has 1 aromatic heterocycles. The van der Waals surface area contributed by atoms with Gasteiger partial charge in [-0.1, -0.05) is 0 Å². The molecule has 2 aliphatic rings. The Morgan fingerprint density at radius 1 is 1.26 bits per heavy atom. The summed E-state index contributed by atoms with van der Waals surface area (Å²) in [5.74, 6) is 0. The molecule has 19 heavy (non-hydrogen) atoms. The van der Waals surface area contributed by atoms with Crippen LogP contribution in [0.4, 0.5) is 13.2 Å².